The Balaban J connectivity index is 1.45. The number of rotatable bonds is 6. The van der Waals surface area contributed by atoms with Crippen LogP contribution in [0.4, 0.5) is 5.69 Å². The zero-order valence-corrected chi connectivity index (χ0v) is 18.4. The van der Waals surface area contributed by atoms with Gasteiger partial charge in [-0.25, -0.2) is 0 Å². The molecule has 0 aromatic heterocycles. The normalized spacial score (nSPS) is 15.3. The first-order valence-electron chi connectivity index (χ1n) is 10.6. The van der Waals surface area contributed by atoms with Crippen LogP contribution in [0.2, 0.25) is 0 Å². The lowest BCUT2D eigenvalue weighted by molar-refractivity contribution is -0.128. The van der Waals surface area contributed by atoms with E-state index >= 15 is 0 Å². The number of nitrogens with zero attached hydrogens (tertiary/aromatic N) is 2. The topological polar surface area (TPSA) is 81.8 Å². The summed E-state index contributed by atoms with van der Waals surface area (Å²) in [7, 11) is 0. The maximum Gasteiger partial charge on any atom is 0.253 e. The molecule has 0 unspecified atom stereocenters. The molecule has 2 N–H and O–H groups in total. The van der Waals surface area contributed by atoms with E-state index in [-0.39, 0.29) is 30.3 Å². The van der Waals surface area contributed by atoms with Gasteiger partial charge in [0.25, 0.3) is 5.91 Å². The fourth-order valence-electron chi connectivity index (χ4n) is 3.75. The first-order chi connectivity index (χ1) is 14.9. The van der Waals surface area contributed by atoms with Crippen molar-refractivity contribution in [2.24, 2.45) is 0 Å². The van der Waals surface area contributed by atoms with Gasteiger partial charge in [-0.05, 0) is 44.0 Å². The summed E-state index contributed by atoms with van der Waals surface area (Å²) in [5.74, 6) is -0.434. The lowest BCUT2D eigenvalue weighted by Gasteiger charge is -2.37. The van der Waals surface area contributed by atoms with Gasteiger partial charge in [0, 0.05) is 37.4 Å². The SMILES string of the molecule is Cc1cccc(C)c1NC(=O)CNC(=O)[C@@H](C)N1CCN(C(=O)c2ccccc2)CC1. The number of para-hydroxylation sites is 1. The van der Waals surface area contributed by atoms with Crippen LogP contribution < -0.4 is 10.6 Å². The predicted octanol–water partition coefficient (Wildman–Crippen LogP) is 2.20. The van der Waals surface area contributed by atoms with Gasteiger partial charge in [-0.1, -0.05) is 36.4 Å². The Bertz CT molecular complexity index is 917. The average molecular weight is 423 g/mol. The van der Waals surface area contributed by atoms with Gasteiger partial charge in [-0.3, -0.25) is 19.3 Å². The summed E-state index contributed by atoms with van der Waals surface area (Å²) in [5.41, 5.74) is 3.43. The number of hydrogen-bond acceptors (Lipinski definition) is 4. The highest BCUT2D eigenvalue weighted by molar-refractivity contribution is 5.96. The lowest BCUT2D eigenvalue weighted by Crippen LogP contribution is -2.55. The molecule has 3 amide bonds. The average Bonchev–Trinajstić information content (AvgIpc) is 2.79. The third-order valence-corrected chi connectivity index (χ3v) is 5.72. The van der Waals surface area contributed by atoms with Crippen molar-refractivity contribution in [3.63, 3.8) is 0 Å². The van der Waals surface area contributed by atoms with E-state index in [0.717, 1.165) is 16.8 Å². The van der Waals surface area contributed by atoms with Crippen LogP contribution in [0, 0.1) is 13.8 Å². The van der Waals surface area contributed by atoms with Gasteiger partial charge in [-0.15, -0.1) is 0 Å². The van der Waals surface area contributed by atoms with Crippen molar-refractivity contribution in [2.45, 2.75) is 26.8 Å². The molecular formula is C24H30N4O3. The number of benzene rings is 2. The van der Waals surface area contributed by atoms with Crippen LogP contribution >= 0.6 is 0 Å². The Kier molecular flexibility index (Phi) is 7.41. The van der Waals surface area contributed by atoms with Crippen molar-refractivity contribution in [1.29, 1.82) is 0 Å². The number of nitrogens with one attached hydrogen (secondary N) is 2. The molecule has 1 fully saturated rings. The summed E-state index contributed by atoms with van der Waals surface area (Å²) in [4.78, 5) is 41.3. The fourth-order valence-corrected chi connectivity index (χ4v) is 3.75. The van der Waals surface area contributed by atoms with Gasteiger partial charge >= 0.3 is 0 Å². The Morgan fingerprint density at radius 2 is 1.52 bits per heavy atom. The molecule has 1 heterocycles. The van der Waals surface area contributed by atoms with Crippen LogP contribution in [0.5, 0.6) is 0 Å². The van der Waals surface area contributed by atoms with Crippen molar-refractivity contribution in [2.75, 3.05) is 38.0 Å². The molecule has 0 aliphatic carbocycles. The minimum Gasteiger partial charge on any atom is -0.346 e. The highest BCUT2D eigenvalue weighted by Crippen LogP contribution is 2.19. The maximum atomic E-state index is 12.6. The first-order valence-corrected chi connectivity index (χ1v) is 10.6. The summed E-state index contributed by atoms with van der Waals surface area (Å²) in [6.07, 6.45) is 0. The molecule has 164 valence electrons. The lowest BCUT2D eigenvalue weighted by atomic mass is 10.1. The number of amides is 3. The Morgan fingerprint density at radius 1 is 0.903 bits per heavy atom. The van der Waals surface area contributed by atoms with E-state index in [1.165, 1.54) is 0 Å². The second-order valence-corrected chi connectivity index (χ2v) is 7.90. The minimum absolute atomic E-state index is 0.0144. The van der Waals surface area contributed by atoms with Crippen molar-refractivity contribution >= 4 is 23.4 Å². The highest BCUT2D eigenvalue weighted by Gasteiger charge is 2.28. The summed E-state index contributed by atoms with van der Waals surface area (Å²) in [5, 5.41) is 5.60. The van der Waals surface area contributed by atoms with E-state index in [4.69, 9.17) is 0 Å². The zero-order chi connectivity index (χ0) is 22.4. The largest absolute Gasteiger partial charge is 0.346 e. The molecule has 1 saturated heterocycles. The molecule has 7 heteroatoms. The smallest absolute Gasteiger partial charge is 0.253 e. The molecule has 0 saturated carbocycles. The van der Waals surface area contributed by atoms with Crippen LogP contribution in [0.15, 0.2) is 48.5 Å². The molecule has 7 nitrogen and oxygen atoms in total. The van der Waals surface area contributed by atoms with E-state index in [0.29, 0.717) is 31.7 Å². The molecule has 2 aromatic rings. The maximum absolute atomic E-state index is 12.6. The van der Waals surface area contributed by atoms with Crippen molar-refractivity contribution < 1.29 is 14.4 Å². The number of carbonyl (C=O) groups is 3. The molecule has 1 aliphatic rings. The summed E-state index contributed by atoms with van der Waals surface area (Å²) in [6, 6.07) is 14.7. The number of aryl methyl sites for hydroxylation is 2. The summed E-state index contributed by atoms with van der Waals surface area (Å²) >= 11 is 0. The predicted molar refractivity (Wildman–Crippen MR) is 121 cm³/mol. The Morgan fingerprint density at radius 3 is 2.13 bits per heavy atom. The third-order valence-electron chi connectivity index (χ3n) is 5.72. The molecule has 31 heavy (non-hydrogen) atoms. The molecular weight excluding hydrogens is 392 g/mol. The summed E-state index contributed by atoms with van der Waals surface area (Å²) < 4.78 is 0. The van der Waals surface area contributed by atoms with Crippen LogP contribution in [-0.2, 0) is 9.59 Å². The second-order valence-electron chi connectivity index (χ2n) is 7.90. The van der Waals surface area contributed by atoms with Gasteiger partial charge in [0.05, 0.1) is 12.6 Å². The van der Waals surface area contributed by atoms with Crippen molar-refractivity contribution in [3.05, 3.63) is 65.2 Å². The van der Waals surface area contributed by atoms with E-state index in [1.54, 1.807) is 0 Å². The summed E-state index contributed by atoms with van der Waals surface area (Å²) in [6.45, 7) is 7.98. The molecule has 0 radical (unpaired) electrons. The van der Waals surface area contributed by atoms with Crippen LogP contribution in [0.3, 0.4) is 0 Å². The van der Waals surface area contributed by atoms with Gasteiger partial charge in [0.15, 0.2) is 0 Å². The molecule has 0 spiro atoms. The number of carbonyl (C=O) groups excluding carboxylic acids is 3. The van der Waals surface area contributed by atoms with E-state index in [9.17, 15) is 14.4 Å². The van der Waals surface area contributed by atoms with Gasteiger partial charge in [0.2, 0.25) is 11.8 Å². The van der Waals surface area contributed by atoms with E-state index in [2.05, 4.69) is 10.6 Å². The number of anilines is 1. The quantitative estimate of drug-likeness (QED) is 0.748. The standard InChI is InChI=1S/C24H30N4O3/c1-17-8-7-9-18(2)22(17)26-21(29)16-25-23(30)19(3)27-12-14-28(15-13-27)24(31)20-10-5-4-6-11-20/h4-11,19H,12-16H2,1-3H3,(H,25,30)(H,26,29)/t19-/m1/s1. The minimum atomic E-state index is -0.373. The third kappa shape index (κ3) is 5.70. The Labute approximate surface area is 183 Å². The monoisotopic (exact) mass is 422 g/mol. The first kappa shape index (κ1) is 22.5. The molecule has 0 bridgehead atoms. The molecule has 3 rings (SSSR count). The van der Waals surface area contributed by atoms with Gasteiger partial charge in [-0.2, -0.15) is 0 Å². The van der Waals surface area contributed by atoms with Crippen LogP contribution in [-0.4, -0.2) is 66.3 Å². The van der Waals surface area contributed by atoms with Gasteiger partial charge < -0.3 is 15.5 Å². The number of hydrogen-bond donors (Lipinski definition) is 2. The van der Waals surface area contributed by atoms with Crippen LogP contribution in [0.1, 0.15) is 28.4 Å². The highest BCUT2D eigenvalue weighted by atomic mass is 16.2. The molecule has 1 aliphatic heterocycles. The van der Waals surface area contributed by atoms with Gasteiger partial charge in [0.1, 0.15) is 0 Å². The Hall–Kier alpha value is -3.19. The second kappa shape index (κ2) is 10.2. The number of piperazine rings is 1. The van der Waals surface area contributed by atoms with Crippen LogP contribution in [0.25, 0.3) is 0 Å². The van der Waals surface area contributed by atoms with Crippen molar-refractivity contribution in [3.8, 4) is 0 Å². The molecule has 2 aromatic carbocycles. The van der Waals surface area contributed by atoms with E-state index < -0.39 is 0 Å². The fraction of sp³-hybridized carbons (Fsp3) is 0.375. The van der Waals surface area contributed by atoms with Crippen molar-refractivity contribution in [1.82, 2.24) is 15.1 Å². The van der Waals surface area contributed by atoms with E-state index in [1.807, 2.05) is 79.1 Å². The zero-order valence-electron chi connectivity index (χ0n) is 18.4. The molecule has 1 atom stereocenters.